The summed E-state index contributed by atoms with van der Waals surface area (Å²) >= 11 is 0. The van der Waals surface area contributed by atoms with Crippen molar-refractivity contribution < 1.29 is 0 Å². The van der Waals surface area contributed by atoms with E-state index in [2.05, 4.69) is 17.6 Å². The van der Waals surface area contributed by atoms with Crippen LogP contribution >= 0.6 is 0 Å². The van der Waals surface area contributed by atoms with E-state index in [0.717, 1.165) is 11.6 Å². The van der Waals surface area contributed by atoms with Gasteiger partial charge in [0.2, 0.25) is 0 Å². The van der Waals surface area contributed by atoms with Crippen LogP contribution in [0.25, 0.3) is 6.08 Å². The highest BCUT2D eigenvalue weighted by atomic mass is 14.7. The van der Waals surface area contributed by atoms with Crippen molar-refractivity contribution in [3.05, 3.63) is 35.7 Å². The maximum atomic E-state index is 4.30. The molecule has 62 valence electrons. The van der Waals surface area contributed by atoms with Gasteiger partial charge in [-0.25, -0.2) is 0 Å². The van der Waals surface area contributed by atoms with Gasteiger partial charge in [-0.1, -0.05) is 12.7 Å². The van der Waals surface area contributed by atoms with Gasteiger partial charge in [0.15, 0.2) is 0 Å². The highest BCUT2D eigenvalue weighted by Crippen LogP contribution is 2.41. The fourth-order valence-corrected chi connectivity index (χ4v) is 1.50. The van der Waals surface area contributed by atoms with Crippen LogP contribution in [-0.4, -0.2) is 4.98 Å². The summed E-state index contributed by atoms with van der Waals surface area (Å²) in [6.07, 6.45) is 6.59. The molecule has 0 radical (unpaired) electrons. The molecule has 0 aromatic carbocycles. The molecule has 1 heterocycles. The van der Waals surface area contributed by atoms with Crippen molar-refractivity contribution in [2.75, 3.05) is 0 Å². The summed E-state index contributed by atoms with van der Waals surface area (Å²) < 4.78 is 0. The molecule has 1 aliphatic rings. The number of hydrogen-bond donors (Lipinski definition) is 0. The van der Waals surface area contributed by atoms with Gasteiger partial charge in [0.05, 0.1) is 0 Å². The zero-order chi connectivity index (χ0) is 8.55. The highest BCUT2D eigenvalue weighted by Gasteiger charge is 2.25. The summed E-state index contributed by atoms with van der Waals surface area (Å²) in [4.78, 5) is 4.30. The maximum absolute atomic E-state index is 4.30. The first-order valence-corrected chi connectivity index (χ1v) is 4.40. The number of aromatic nitrogens is 1. The SMILES string of the molecule is C=Cc1cc(C)ncc1C1CC1. The zero-order valence-electron chi connectivity index (χ0n) is 7.38. The lowest BCUT2D eigenvalue weighted by Gasteiger charge is -2.03. The van der Waals surface area contributed by atoms with Gasteiger partial charge in [0.1, 0.15) is 0 Å². The summed E-state index contributed by atoms with van der Waals surface area (Å²) in [5.41, 5.74) is 3.73. The molecule has 12 heavy (non-hydrogen) atoms. The molecule has 0 aliphatic heterocycles. The molecular formula is C11H13N. The van der Waals surface area contributed by atoms with Gasteiger partial charge in [-0.15, -0.1) is 0 Å². The van der Waals surface area contributed by atoms with E-state index < -0.39 is 0 Å². The second kappa shape index (κ2) is 2.74. The van der Waals surface area contributed by atoms with Crippen molar-refractivity contribution in [2.45, 2.75) is 25.7 Å². The number of rotatable bonds is 2. The fourth-order valence-electron chi connectivity index (χ4n) is 1.50. The molecule has 1 aromatic heterocycles. The zero-order valence-corrected chi connectivity index (χ0v) is 7.38. The van der Waals surface area contributed by atoms with Crippen LogP contribution in [0.3, 0.4) is 0 Å². The van der Waals surface area contributed by atoms with E-state index in [4.69, 9.17) is 0 Å². The van der Waals surface area contributed by atoms with Crippen molar-refractivity contribution in [1.29, 1.82) is 0 Å². The fraction of sp³-hybridized carbons (Fsp3) is 0.364. The van der Waals surface area contributed by atoms with E-state index in [1.54, 1.807) is 0 Å². The molecule has 1 heteroatoms. The van der Waals surface area contributed by atoms with Gasteiger partial charge in [-0.3, -0.25) is 4.98 Å². The molecule has 2 rings (SSSR count). The van der Waals surface area contributed by atoms with Crippen LogP contribution in [0.4, 0.5) is 0 Å². The lowest BCUT2D eigenvalue weighted by Crippen LogP contribution is -1.90. The molecule has 1 saturated carbocycles. The highest BCUT2D eigenvalue weighted by molar-refractivity contribution is 5.53. The van der Waals surface area contributed by atoms with E-state index in [0.29, 0.717) is 0 Å². The summed E-state index contributed by atoms with van der Waals surface area (Å²) in [6, 6.07) is 2.11. The summed E-state index contributed by atoms with van der Waals surface area (Å²) in [6.45, 7) is 5.83. The number of aryl methyl sites for hydroxylation is 1. The minimum atomic E-state index is 0.770. The van der Waals surface area contributed by atoms with E-state index in [1.807, 2.05) is 19.2 Å². The predicted molar refractivity (Wildman–Crippen MR) is 51.0 cm³/mol. The molecule has 1 aromatic rings. The first-order chi connectivity index (χ1) is 5.81. The minimum absolute atomic E-state index is 0.770. The first-order valence-electron chi connectivity index (χ1n) is 4.40. The average Bonchev–Trinajstić information content (AvgIpc) is 2.87. The lowest BCUT2D eigenvalue weighted by atomic mass is 10.1. The smallest absolute Gasteiger partial charge is 0.0378 e. The summed E-state index contributed by atoms with van der Waals surface area (Å²) in [5, 5.41) is 0. The Morgan fingerprint density at radius 2 is 2.33 bits per heavy atom. The molecule has 0 spiro atoms. The van der Waals surface area contributed by atoms with Gasteiger partial charge in [0.25, 0.3) is 0 Å². The Balaban J connectivity index is 2.44. The molecule has 1 nitrogen and oxygen atoms in total. The predicted octanol–water partition coefficient (Wildman–Crippen LogP) is 2.91. The van der Waals surface area contributed by atoms with Crippen molar-refractivity contribution >= 4 is 6.08 Å². The van der Waals surface area contributed by atoms with Crippen LogP contribution in [0, 0.1) is 6.92 Å². The number of hydrogen-bond acceptors (Lipinski definition) is 1. The second-order valence-electron chi connectivity index (χ2n) is 3.43. The summed E-state index contributed by atoms with van der Waals surface area (Å²) in [7, 11) is 0. The van der Waals surface area contributed by atoms with Gasteiger partial charge in [-0.05, 0) is 42.9 Å². The first kappa shape index (κ1) is 7.53. The van der Waals surface area contributed by atoms with E-state index in [9.17, 15) is 0 Å². The Kier molecular flexibility index (Phi) is 1.72. The monoisotopic (exact) mass is 159 g/mol. The Hall–Kier alpha value is -1.11. The van der Waals surface area contributed by atoms with Crippen molar-refractivity contribution in [1.82, 2.24) is 4.98 Å². The van der Waals surface area contributed by atoms with Gasteiger partial charge < -0.3 is 0 Å². The van der Waals surface area contributed by atoms with Crippen molar-refractivity contribution in [3.63, 3.8) is 0 Å². The van der Waals surface area contributed by atoms with Crippen LogP contribution in [0.2, 0.25) is 0 Å². The Bertz CT molecular complexity index is 311. The standard InChI is InChI=1S/C11H13N/c1-3-9-6-8(2)12-7-11(9)10-4-5-10/h3,6-7,10H,1,4-5H2,2H3. The van der Waals surface area contributed by atoms with Gasteiger partial charge in [0, 0.05) is 11.9 Å². The topological polar surface area (TPSA) is 12.9 Å². The molecule has 0 saturated heterocycles. The van der Waals surface area contributed by atoms with E-state index >= 15 is 0 Å². The van der Waals surface area contributed by atoms with E-state index in [1.165, 1.54) is 24.0 Å². The number of pyridine rings is 1. The molecule has 1 aliphatic carbocycles. The van der Waals surface area contributed by atoms with Crippen LogP contribution in [0.5, 0.6) is 0 Å². The lowest BCUT2D eigenvalue weighted by molar-refractivity contribution is 1.06. The Labute approximate surface area is 73.1 Å². The van der Waals surface area contributed by atoms with Gasteiger partial charge in [-0.2, -0.15) is 0 Å². The molecule has 0 atom stereocenters. The number of nitrogens with zero attached hydrogens (tertiary/aromatic N) is 1. The molecule has 0 bridgehead atoms. The molecule has 0 amide bonds. The second-order valence-corrected chi connectivity index (χ2v) is 3.43. The maximum Gasteiger partial charge on any atom is 0.0378 e. The normalized spacial score (nSPS) is 16.1. The minimum Gasteiger partial charge on any atom is -0.261 e. The largest absolute Gasteiger partial charge is 0.261 e. The summed E-state index contributed by atoms with van der Waals surface area (Å²) in [5.74, 6) is 0.770. The average molecular weight is 159 g/mol. The quantitative estimate of drug-likeness (QED) is 0.646. The third-order valence-electron chi connectivity index (χ3n) is 2.34. The molecular weight excluding hydrogens is 146 g/mol. The Morgan fingerprint density at radius 1 is 1.58 bits per heavy atom. The van der Waals surface area contributed by atoms with Crippen LogP contribution in [-0.2, 0) is 0 Å². The molecule has 1 fully saturated rings. The van der Waals surface area contributed by atoms with Gasteiger partial charge >= 0.3 is 0 Å². The molecule has 0 unspecified atom stereocenters. The van der Waals surface area contributed by atoms with E-state index in [-0.39, 0.29) is 0 Å². The van der Waals surface area contributed by atoms with Crippen LogP contribution < -0.4 is 0 Å². The van der Waals surface area contributed by atoms with Crippen molar-refractivity contribution in [2.24, 2.45) is 0 Å². The van der Waals surface area contributed by atoms with Crippen LogP contribution in [0.1, 0.15) is 35.6 Å². The third kappa shape index (κ3) is 1.27. The van der Waals surface area contributed by atoms with Crippen molar-refractivity contribution in [3.8, 4) is 0 Å². The van der Waals surface area contributed by atoms with Crippen LogP contribution in [0.15, 0.2) is 18.8 Å². The molecule has 0 N–H and O–H groups in total. The Morgan fingerprint density at radius 3 is 2.92 bits per heavy atom. The third-order valence-corrected chi connectivity index (χ3v) is 2.34.